The van der Waals surface area contributed by atoms with E-state index in [1.807, 2.05) is 0 Å². The summed E-state index contributed by atoms with van der Waals surface area (Å²) < 4.78 is 5.22. The molecule has 1 saturated heterocycles. The van der Waals surface area contributed by atoms with Crippen molar-refractivity contribution in [1.82, 2.24) is 10.2 Å². The van der Waals surface area contributed by atoms with Gasteiger partial charge in [-0.15, -0.1) is 24.8 Å². The Morgan fingerprint density at radius 2 is 2.12 bits per heavy atom. The SMILES string of the molecule is CCC1CCCCN1CCNC(=O)c1cc(Cl)c(N)cc1OC.Cl.Cl. The van der Waals surface area contributed by atoms with Crippen molar-refractivity contribution in [1.29, 1.82) is 0 Å². The number of nitrogens with two attached hydrogens (primary N) is 1. The lowest BCUT2D eigenvalue weighted by Gasteiger charge is -2.35. The molecule has 0 aromatic heterocycles. The molecule has 1 atom stereocenters. The molecule has 1 heterocycles. The quantitative estimate of drug-likeness (QED) is 0.698. The minimum atomic E-state index is -0.186. The van der Waals surface area contributed by atoms with Gasteiger partial charge in [0.2, 0.25) is 0 Å². The van der Waals surface area contributed by atoms with Crippen LogP contribution in [0.25, 0.3) is 0 Å². The lowest BCUT2D eigenvalue weighted by molar-refractivity contribution is 0.0931. The number of ether oxygens (including phenoxy) is 1. The Morgan fingerprint density at radius 3 is 2.76 bits per heavy atom. The van der Waals surface area contributed by atoms with Crippen molar-refractivity contribution in [3.63, 3.8) is 0 Å². The molecular weight excluding hydrogens is 385 g/mol. The summed E-state index contributed by atoms with van der Waals surface area (Å²) in [6.07, 6.45) is 4.97. The van der Waals surface area contributed by atoms with Crippen LogP contribution in [-0.2, 0) is 0 Å². The number of methoxy groups -OCH3 is 1. The van der Waals surface area contributed by atoms with Gasteiger partial charge in [0, 0.05) is 25.2 Å². The Kier molecular flexibility index (Phi) is 11.3. The molecule has 3 N–H and O–H groups in total. The molecular formula is C17H28Cl3N3O2. The van der Waals surface area contributed by atoms with Gasteiger partial charge in [-0.25, -0.2) is 0 Å². The number of anilines is 1. The van der Waals surface area contributed by atoms with Crippen LogP contribution in [0.15, 0.2) is 12.1 Å². The maximum atomic E-state index is 12.4. The summed E-state index contributed by atoms with van der Waals surface area (Å²) in [6, 6.07) is 3.77. The van der Waals surface area contributed by atoms with Crippen LogP contribution in [0, 0.1) is 0 Å². The van der Waals surface area contributed by atoms with E-state index in [1.54, 1.807) is 12.1 Å². The summed E-state index contributed by atoms with van der Waals surface area (Å²) in [5, 5.41) is 3.31. The maximum Gasteiger partial charge on any atom is 0.255 e. The van der Waals surface area contributed by atoms with Crippen LogP contribution < -0.4 is 15.8 Å². The second-order valence-electron chi connectivity index (χ2n) is 5.92. The van der Waals surface area contributed by atoms with E-state index in [0.717, 1.165) is 19.5 Å². The molecule has 0 saturated carbocycles. The zero-order chi connectivity index (χ0) is 16.8. The number of nitrogens with zero attached hydrogens (tertiary/aromatic N) is 1. The second-order valence-corrected chi connectivity index (χ2v) is 6.33. The van der Waals surface area contributed by atoms with E-state index in [2.05, 4.69) is 17.1 Å². The van der Waals surface area contributed by atoms with E-state index >= 15 is 0 Å². The predicted octanol–water partition coefficient (Wildman–Crippen LogP) is 3.77. The molecule has 0 radical (unpaired) electrons. The minimum absolute atomic E-state index is 0. The number of carbonyl (C=O) groups excluding carboxylic acids is 1. The zero-order valence-corrected chi connectivity index (χ0v) is 17.1. The highest BCUT2D eigenvalue weighted by molar-refractivity contribution is 6.33. The fourth-order valence-electron chi connectivity index (χ4n) is 3.14. The average Bonchev–Trinajstić information content (AvgIpc) is 2.57. The smallest absolute Gasteiger partial charge is 0.255 e. The van der Waals surface area contributed by atoms with Crippen LogP contribution in [0.3, 0.4) is 0 Å². The standard InChI is InChI=1S/C17H26ClN3O2.2ClH/c1-3-12-6-4-5-8-21(12)9-7-20-17(22)13-10-14(18)15(19)11-16(13)23-2;;/h10-12H,3-9,19H2,1-2H3,(H,20,22);2*1H. The van der Waals surface area contributed by atoms with Crippen LogP contribution in [0.5, 0.6) is 5.75 Å². The molecule has 5 nitrogen and oxygen atoms in total. The van der Waals surface area contributed by atoms with Gasteiger partial charge in [0.15, 0.2) is 0 Å². The van der Waals surface area contributed by atoms with Gasteiger partial charge < -0.3 is 15.8 Å². The average molecular weight is 413 g/mol. The van der Waals surface area contributed by atoms with E-state index < -0.39 is 0 Å². The highest BCUT2D eigenvalue weighted by Crippen LogP contribution is 2.28. The van der Waals surface area contributed by atoms with Gasteiger partial charge in [-0.05, 0) is 31.9 Å². The highest BCUT2D eigenvalue weighted by Gasteiger charge is 2.21. The third-order valence-electron chi connectivity index (χ3n) is 4.47. The Morgan fingerprint density at radius 1 is 1.40 bits per heavy atom. The number of hydrogen-bond donors (Lipinski definition) is 2. The van der Waals surface area contributed by atoms with Gasteiger partial charge in [0.05, 0.1) is 23.4 Å². The number of likely N-dealkylation sites (tertiary alicyclic amines) is 1. The second kappa shape index (κ2) is 11.7. The van der Waals surface area contributed by atoms with Crippen LogP contribution >= 0.6 is 36.4 Å². The third kappa shape index (κ3) is 6.41. The van der Waals surface area contributed by atoms with Gasteiger partial charge >= 0.3 is 0 Å². The predicted molar refractivity (Wildman–Crippen MR) is 109 cm³/mol. The molecule has 1 aromatic carbocycles. The molecule has 25 heavy (non-hydrogen) atoms. The molecule has 1 aromatic rings. The number of nitrogen functional groups attached to an aromatic ring is 1. The van der Waals surface area contributed by atoms with E-state index in [4.69, 9.17) is 22.1 Å². The van der Waals surface area contributed by atoms with Crippen molar-refractivity contribution in [3.05, 3.63) is 22.7 Å². The molecule has 1 aliphatic rings. The molecule has 0 spiro atoms. The number of benzene rings is 1. The first-order valence-electron chi connectivity index (χ1n) is 8.22. The third-order valence-corrected chi connectivity index (χ3v) is 4.80. The van der Waals surface area contributed by atoms with Gasteiger partial charge in [-0.1, -0.05) is 24.9 Å². The van der Waals surface area contributed by atoms with Crippen molar-refractivity contribution < 1.29 is 9.53 Å². The van der Waals surface area contributed by atoms with E-state index in [-0.39, 0.29) is 30.7 Å². The van der Waals surface area contributed by atoms with Crippen molar-refractivity contribution in [2.24, 2.45) is 0 Å². The van der Waals surface area contributed by atoms with Crippen molar-refractivity contribution in [3.8, 4) is 5.75 Å². The lowest BCUT2D eigenvalue weighted by Crippen LogP contribution is -2.43. The van der Waals surface area contributed by atoms with Crippen molar-refractivity contribution >= 4 is 48.0 Å². The van der Waals surface area contributed by atoms with Crippen LogP contribution in [0.4, 0.5) is 5.69 Å². The van der Waals surface area contributed by atoms with E-state index in [0.29, 0.717) is 34.6 Å². The maximum absolute atomic E-state index is 12.4. The molecule has 8 heteroatoms. The molecule has 1 amide bonds. The minimum Gasteiger partial charge on any atom is -0.496 e. The molecule has 1 fully saturated rings. The van der Waals surface area contributed by atoms with Gasteiger partial charge in [-0.3, -0.25) is 9.69 Å². The zero-order valence-electron chi connectivity index (χ0n) is 14.7. The number of halogens is 3. The van der Waals surface area contributed by atoms with E-state index in [1.165, 1.54) is 26.4 Å². The first kappa shape index (κ1) is 24.1. The Hall–Kier alpha value is -0.880. The van der Waals surface area contributed by atoms with Crippen LogP contribution in [0.1, 0.15) is 43.0 Å². The molecule has 1 aliphatic heterocycles. The lowest BCUT2D eigenvalue weighted by atomic mass is 10.0. The fourth-order valence-corrected chi connectivity index (χ4v) is 3.30. The molecule has 0 bridgehead atoms. The van der Waals surface area contributed by atoms with Gasteiger partial charge in [-0.2, -0.15) is 0 Å². The topological polar surface area (TPSA) is 67.6 Å². The molecule has 0 aliphatic carbocycles. The largest absolute Gasteiger partial charge is 0.496 e. The number of hydrogen-bond acceptors (Lipinski definition) is 4. The number of piperidine rings is 1. The summed E-state index contributed by atoms with van der Waals surface area (Å²) in [4.78, 5) is 14.8. The van der Waals surface area contributed by atoms with Gasteiger partial charge in [0.1, 0.15) is 5.75 Å². The van der Waals surface area contributed by atoms with Crippen LogP contribution in [-0.4, -0.2) is 43.6 Å². The monoisotopic (exact) mass is 411 g/mol. The number of carbonyl (C=O) groups is 1. The first-order chi connectivity index (χ1) is 11.1. The highest BCUT2D eigenvalue weighted by atomic mass is 35.5. The van der Waals surface area contributed by atoms with Crippen LogP contribution in [0.2, 0.25) is 5.02 Å². The normalized spacial score (nSPS) is 17.2. The molecule has 144 valence electrons. The Bertz CT molecular complexity index is 558. The van der Waals surface area contributed by atoms with Crippen molar-refractivity contribution in [2.75, 3.05) is 32.5 Å². The van der Waals surface area contributed by atoms with E-state index in [9.17, 15) is 4.79 Å². The Labute approximate surface area is 167 Å². The summed E-state index contributed by atoms with van der Waals surface area (Å²) in [6.45, 7) is 4.82. The summed E-state index contributed by atoms with van der Waals surface area (Å²) in [7, 11) is 1.51. The van der Waals surface area contributed by atoms with Gasteiger partial charge in [0.25, 0.3) is 5.91 Å². The fraction of sp³-hybridized carbons (Fsp3) is 0.588. The number of rotatable bonds is 6. The number of nitrogens with one attached hydrogen (secondary N) is 1. The first-order valence-corrected chi connectivity index (χ1v) is 8.59. The summed E-state index contributed by atoms with van der Waals surface area (Å²) >= 11 is 6.01. The summed E-state index contributed by atoms with van der Waals surface area (Å²) in [5.74, 6) is 0.252. The molecule has 1 unspecified atom stereocenters. The number of amides is 1. The Balaban J connectivity index is 0.00000288. The van der Waals surface area contributed by atoms with Crippen molar-refractivity contribution in [2.45, 2.75) is 38.6 Å². The summed E-state index contributed by atoms with van der Waals surface area (Å²) in [5.41, 5.74) is 6.56. The molecule has 2 rings (SSSR count).